The Labute approximate surface area is 96.9 Å². The minimum absolute atomic E-state index is 0.376. The van der Waals surface area contributed by atoms with Crippen molar-refractivity contribution in [2.45, 2.75) is 13.0 Å². The van der Waals surface area contributed by atoms with E-state index < -0.39 is 6.03 Å². The maximum atomic E-state index is 10.8. The number of hydrogen-bond donors (Lipinski definition) is 2. The number of carbonyl (C=O) groups excluding carboxylic acids is 1. The van der Waals surface area contributed by atoms with Gasteiger partial charge in [0.2, 0.25) is 0 Å². The Morgan fingerprint density at radius 2 is 2.12 bits per heavy atom. The third-order valence-corrected chi connectivity index (χ3v) is 2.06. The minimum atomic E-state index is -0.624. The smallest absolute Gasteiger partial charge is 0.312 e. The number of primary amides is 1. The highest BCUT2D eigenvalue weighted by atomic mass is 16.2. The fraction of sp³-hybridized carbons (Fsp3) is 0.222. The molecule has 0 saturated carbocycles. The fourth-order valence-corrected chi connectivity index (χ4v) is 1.38. The number of carbonyl (C=O) groups is 1. The first-order chi connectivity index (χ1) is 8.18. The third-order valence-electron chi connectivity index (χ3n) is 2.06. The van der Waals surface area contributed by atoms with Gasteiger partial charge < -0.3 is 11.1 Å². The van der Waals surface area contributed by atoms with E-state index in [0.29, 0.717) is 11.8 Å². The van der Waals surface area contributed by atoms with Crippen LogP contribution in [0, 0.1) is 0 Å². The van der Waals surface area contributed by atoms with Gasteiger partial charge in [0, 0.05) is 12.4 Å². The second-order valence-corrected chi connectivity index (χ2v) is 3.31. The number of rotatable bonds is 3. The van der Waals surface area contributed by atoms with Crippen molar-refractivity contribution in [1.82, 2.24) is 30.0 Å². The number of nitrogens with two attached hydrogens (primary N) is 1. The molecule has 1 atom stereocenters. The molecule has 2 aromatic heterocycles. The van der Waals surface area contributed by atoms with E-state index in [1.54, 1.807) is 25.4 Å². The van der Waals surface area contributed by atoms with Crippen LogP contribution in [-0.4, -0.2) is 30.8 Å². The topological polar surface area (TPSA) is 112 Å². The standard InChI is InChI=1S/C9H11N7O/c1-6(15-8(10)17)7-13-5-14-16(7)9-11-3-2-4-12-9/h2-6H,1H3,(H3,10,15,17)/t6-/m0/s1. The molecule has 17 heavy (non-hydrogen) atoms. The molecule has 2 aromatic rings. The SMILES string of the molecule is C[C@H](NC(N)=O)c1ncnn1-c1ncccn1. The molecule has 3 N–H and O–H groups in total. The van der Waals surface area contributed by atoms with Crippen LogP contribution in [0.1, 0.15) is 18.8 Å². The number of amides is 2. The van der Waals surface area contributed by atoms with Gasteiger partial charge in [-0.1, -0.05) is 0 Å². The lowest BCUT2D eigenvalue weighted by atomic mass is 10.3. The molecule has 8 heteroatoms. The van der Waals surface area contributed by atoms with Crippen LogP contribution in [0.3, 0.4) is 0 Å². The summed E-state index contributed by atoms with van der Waals surface area (Å²) in [6, 6.07) is 0.699. The highest BCUT2D eigenvalue weighted by Crippen LogP contribution is 2.10. The van der Waals surface area contributed by atoms with E-state index >= 15 is 0 Å². The molecule has 2 rings (SSSR count). The number of hydrogen-bond acceptors (Lipinski definition) is 5. The molecule has 2 heterocycles. The van der Waals surface area contributed by atoms with Crippen LogP contribution in [0.2, 0.25) is 0 Å². The average Bonchev–Trinajstić information content (AvgIpc) is 2.78. The summed E-state index contributed by atoms with van der Waals surface area (Å²) in [5, 5.41) is 6.52. The van der Waals surface area contributed by atoms with Crippen LogP contribution in [0.25, 0.3) is 5.95 Å². The molecule has 0 aliphatic carbocycles. The summed E-state index contributed by atoms with van der Waals surface area (Å²) in [6.45, 7) is 1.74. The summed E-state index contributed by atoms with van der Waals surface area (Å²) in [4.78, 5) is 22.9. The predicted molar refractivity (Wildman–Crippen MR) is 58.1 cm³/mol. The van der Waals surface area contributed by atoms with Crippen molar-refractivity contribution in [3.8, 4) is 5.95 Å². The Morgan fingerprint density at radius 1 is 1.41 bits per heavy atom. The van der Waals surface area contributed by atoms with E-state index in [4.69, 9.17) is 5.73 Å². The molecule has 0 bridgehead atoms. The first kappa shape index (κ1) is 11.0. The monoisotopic (exact) mass is 233 g/mol. The molecule has 0 aromatic carbocycles. The van der Waals surface area contributed by atoms with Crippen molar-refractivity contribution in [2.75, 3.05) is 0 Å². The van der Waals surface area contributed by atoms with Gasteiger partial charge in [0.15, 0.2) is 5.82 Å². The molecule has 0 saturated heterocycles. The Hall–Kier alpha value is -2.51. The quantitative estimate of drug-likeness (QED) is 0.761. The van der Waals surface area contributed by atoms with Gasteiger partial charge in [-0.15, -0.1) is 0 Å². The van der Waals surface area contributed by atoms with Crippen LogP contribution in [0.15, 0.2) is 24.8 Å². The summed E-state index contributed by atoms with van der Waals surface area (Å²) in [6.07, 6.45) is 4.56. The Morgan fingerprint density at radius 3 is 2.76 bits per heavy atom. The molecule has 8 nitrogen and oxygen atoms in total. The highest BCUT2D eigenvalue weighted by Gasteiger charge is 2.16. The Bertz CT molecular complexity index is 509. The van der Waals surface area contributed by atoms with Gasteiger partial charge in [0.05, 0.1) is 6.04 Å². The lowest BCUT2D eigenvalue weighted by Gasteiger charge is -2.11. The first-order valence-electron chi connectivity index (χ1n) is 4.91. The van der Waals surface area contributed by atoms with Gasteiger partial charge in [-0.2, -0.15) is 9.78 Å². The minimum Gasteiger partial charge on any atom is -0.352 e. The molecule has 2 amide bonds. The second-order valence-electron chi connectivity index (χ2n) is 3.31. The van der Waals surface area contributed by atoms with Gasteiger partial charge in [-0.25, -0.2) is 19.7 Å². The number of urea groups is 1. The number of nitrogens with zero attached hydrogens (tertiary/aromatic N) is 5. The second kappa shape index (κ2) is 4.56. The van der Waals surface area contributed by atoms with Crippen molar-refractivity contribution in [2.24, 2.45) is 5.73 Å². The zero-order chi connectivity index (χ0) is 12.3. The number of nitrogens with one attached hydrogen (secondary N) is 1. The lowest BCUT2D eigenvalue weighted by Crippen LogP contribution is -2.33. The average molecular weight is 233 g/mol. The van der Waals surface area contributed by atoms with Crippen LogP contribution in [0.4, 0.5) is 4.79 Å². The molecule has 0 fully saturated rings. The van der Waals surface area contributed by atoms with E-state index in [2.05, 4.69) is 25.4 Å². The van der Waals surface area contributed by atoms with Gasteiger partial charge >= 0.3 is 6.03 Å². The van der Waals surface area contributed by atoms with Crippen molar-refractivity contribution in [3.63, 3.8) is 0 Å². The molecular formula is C9H11N7O. The van der Waals surface area contributed by atoms with E-state index in [0.717, 1.165) is 0 Å². The van der Waals surface area contributed by atoms with Gasteiger partial charge in [0.25, 0.3) is 5.95 Å². The third kappa shape index (κ3) is 2.36. The molecule has 0 aliphatic heterocycles. The van der Waals surface area contributed by atoms with Crippen LogP contribution in [-0.2, 0) is 0 Å². The predicted octanol–water partition coefficient (Wildman–Crippen LogP) is -0.213. The van der Waals surface area contributed by atoms with Crippen molar-refractivity contribution in [3.05, 3.63) is 30.6 Å². The van der Waals surface area contributed by atoms with Gasteiger partial charge in [0.1, 0.15) is 6.33 Å². The van der Waals surface area contributed by atoms with E-state index in [1.807, 2.05) is 0 Å². The van der Waals surface area contributed by atoms with Crippen LogP contribution >= 0.6 is 0 Å². The summed E-state index contributed by atoms with van der Waals surface area (Å²) in [5.74, 6) is 0.896. The summed E-state index contributed by atoms with van der Waals surface area (Å²) in [7, 11) is 0. The van der Waals surface area contributed by atoms with Crippen LogP contribution in [0.5, 0.6) is 0 Å². The number of aromatic nitrogens is 5. The maximum absolute atomic E-state index is 10.8. The summed E-state index contributed by atoms with van der Waals surface area (Å²) in [5.41, 5.74) is 5.05. The van der Waals surface area contributed by atoms with E-state index in [1.165, 1.54) is 11.0 Å². The first-order valence-corrected chi connectivity index (χ1v) is 4.91. The fourth-order valence-electron chi connectivity index (χ4n) is 1.38. The molecule has 88 valence electrons. The Kier molecular flexibility index (Phi) is 2.95. The maximum Gasteiger partial charge on any atom is 0.312 e. The van der Waals surface area contributed by atoms with Gasteiger partial charge in [-0.05, 0) is 13.0 Å². The summed E-state index contributed by atoms with van der Waals surface area (Å²) < 4.78 is 1.45. The van der Waals surface area contributed by atoms with Gasteiger partial charge in [-0.3, -0.25) is 0 Å². The van der Waals surface area contributed by atoms with Crippen molar-refractivity contribution < 1.29 is 4.79 Å². The van der Waals surface area contributed by atoms with E-state index in [-0.39, 0.29) is 6.04 Å². The molecule has 0 radical (unpaired) electrons. The highest BCUT2D eigenvalue weighted by molar-refractivity contribution is 5.72. The largest absolute Gasteiger partial charge is 0.352 e. The zero-order valence-electron chi connectivity index (χ0n) is 9.11. The van der Waals surface area contributed by atoms with Crippen molar-refractivity contribution in [1.29, 1.82) is 0 Å². The molecule has 0 spiro atoms. The van der Waals surface area contributed by atoms with Crippen molar-refractivity contribution >= 4 is 6.03 Å². The van der Waals surface area contributed by atoms with Crippen LogP contribution < -0.4 is 11.1 Å². The normalized spacial score (nSPS) is 12.1. The lowest BCUT2D eigenvalue weighted by molar-refractivity contribution is 0.245. The zero-order valence-corrected chi connectivity index (χ0v) is 9.11. The molecule has 0 unspecified atom stereocenters. The summed E-state index contributed by atoms with van der Waals surface area (Å²) >= 11 is 0. The Balaban J connectivity index is 2.32. The molecular weight excluding hydrogens is 222 g/mol. The molecule has 0 aliphatic rings. The van der Waals surface area contributed by atoms with E-state index in [9.17, 15) is 4.79 Å².